The van der Waals surface area contributed by atoms with Crippen LogP contribution in [0, 0.1) is 10.1 Å². The summed E-state index contributed by atoms with van der Waals surface area (Å²) in [5, 5.41) is 10.8. The Labute approximate surface area is 129 Å². The maximum Gasteiger partial charge on any atom is 0.270 e. The van der Waals surface area contributed by atoms with E-state index in [-0.39, 0.29) is 11.6 Å². The summed E-state index contributed by atoms with van der Waals surface area (Å²) in [6.07, 6.45) is 4.85. The number of amides is 1. The van der Waals surface area contributed by atoms with E-state index >= 15 is 0 Å². The highest BCUT2D eigenvalue weighted by molar-refractivity contribution is 6.17. The molecule has 0 unspecified atom stereocenters. The molecule has 1 aliphatic rings. The Balaban J connectivity index is 1.98. The van der Waals surface area contributed by atoms with Crippen LogP contribution in [0.4, 0.5) is 5.69 Å². The van der Waals surface area contributed by atoms with Crippen LogP contribution in [-0.2, 0) is 6.42 Å². The molecule has 114 valence electrons. The van der Waals surface area contributed by atoms with E-state index in [0.29, 0.717) is 24.5 Å². The maximum absolute atomic E-state index is 12.4. The molecule has 0 bridgehead atoms. The zero-order chi connectivity index (χ0) is 15.2. The van der Waals surface area contributed by atoms with Gasteiger partial charge in [-0.2, -0.15) is 0 Å². The summed E-state index contributed by atoms with van der Waals surface area (Å²) in [5.41, 5.74) is 1.37. The van der Waals surface area contributed by atoms with E-state index in [9.17, 15) is 14.9 Å². The molecule has 0 atom stereocenters. The van der Waals surface area contributed by atoms with E-state index in [1.165, 1.54) is 12.1 Å². The van der Waals surface area contributed by atoms with Crippen LogP contribution < -0.4 is 0 Å². The van der Waals surface area contributed by atoms with Crippen molar-refractivity contribution >= 4 is 23.2 Å². The highest BCUT2D eigenvalue weighted by Gasteiger charge is 2.25. The number of nitro groups is 1. The Bertz CT molecular complexity index is 534. The summed E-state index contributed by atoms with van der Waals surface area (Å²) in [6.45, 7) is 1.41. The molecule has 0 spiro atoms. The summed E-state index contributed by atoms with van der Waals surface area (Å²) >= 11 is 5.63. The minimum Gasteiger partial charge on any atom is -0.338 e. The number of nitro benzene ring substituents is 1. The molecule has 1 heterocycles. The minimum absolute atomic E-state index is 0.0222. The van der Waals surface area contributed by atoms with Crippen molar-refractivity contribution in [3.63, 3.8) is 0 Å². The van der Waals surface area contributed by atoms with Crippen molar-refractivity contribution in [3.8, 4) is 0 Å². The fourth-order valence-electron chi connectivity index (χ4n) is 2.59. The average Bonchev–Trinajstić information content (AvgIpc) is 2.49. The third-order valence-corrected chi connectivity index (χ3v) is 4.05. The third-order valence-electron chi connectivity index (χ3n) is 3.78. The van der Waals surface area contributed by atoms with Crippen molar-refractivity contribution in [1.82, 2.24) is 4.90 Å². The standard InChI is InChI=1S/C15H19ClN2O3/c16-8-3-1-2-4-9-17-10-7-12-5-6-13(18(20)21)11-14(12)15(17)19/h5-6,11H,1-4,7-10H2. The number of alkyl halides is 1. The maximum atomic E-state index is 12.4. The summed E-state index contributed by atoms with van der Waals surface area (Å²) in [6, 6.07) is 4.56. The van der Waals surface area contributed by atoms with Crippen LogP contribution >= 0.6 is 11.6 Å². The van der Waals surface area contributed by atoms with E-state index < -0.39 is 4.92 Å². The fraction of sp³-hybridized carbons (Fsp3) is 0.533. The number of rotatable bonds is 7. The van der Waals surface area contributed by atoms with Gasteiger partial charge in [-0.15, -0.1) is 11.6 Å². The molecule has 0 aromatic heterocycles. The molecule has 0 N–H and O–H groups in total. The SMILES string of the molecule is O=C1c2cc([N+](=O)[O-])ccc2CCN1CCCCCCCl. The molecule has 1 aromatic carbocycles. The normalized spacial score (nSPS) is 14.1. The van der Waals surface area contributed by atoms with E-state index in [0.717, 1.165) is 37.7 Å². The van der Waals surface area contributed by atoms with Gasteiger partial charge in [-0.1, -0.05) is 18.9 Å². The number of carbonyl (C=O) groups excluding carboxylic acids is 1. The van der Waals surface area contributed by atoms with Crippen LogP contribution in [0.15, 0.2) is 18.2 Å². The molecule has 5 nitrogen and oxygen atoms in total. The molecule has 2 rings (SSSR count). The average molecular weight is 311 g/mol. The van der Waals surface area contributed by atoms with Gasteiger partial charge in [-0.25, -0.2) is 0 Å². The van der Waals surface area contributed by atoms with Gasteiger partial charge in [0, 0.05) is 36.7 Å². The summed E-state index contributed by atoms with van der Waals surface area (Å²) < 4.78 is 0. The Morgan fingerprint density at radius 1 is 1.24 bits per heavy atom. The molecule has 1 aliphatic heterocycles. The van der Waals surface area contributed by atoms with Crippen molar-refractivity contribution in [2.24, 2.45) is 0 Å². The van der Waals surface area contributed by atoms with Crippen LogP contribution in [0.2, 0.25) is 0 Å². The zero-order valence-corrected chi connectivity index (χ0v) is 12.6. The van der Waals surface area contributed by atoms with Crippen molar-refractivity contribution in [2.75, 3.05) is 19.0 Å². The molecule has 1 amide bonds. The lowest BCUT2D eigenvalue weighted by atomic mass is 9.98. The number of nitrogens with zero attached hydrogens (tertiary/aromatic N) is 2. The first-order chi connectivity index (χ1) is 10.1. The van der Waals surface area contributed by atoms with Gasteiger partial charge in [-0.05, 0) is 24.8 Å². The van der Waals surface area contributed by atoms with E-state index in [4.69, 9.17) is 11.6 Å². The quantitative estimate of drug-likeness (QED) is 0.335. The number of halogens is 1. The Morgan fingerprint density at radius 2 is 2.00 bits per heavy atom. The molecule has 0 saturated carbocycles. The second-order valence-electron chi connectivity index (χ2n) is 5.24. The number of benzene rings is 1. The molecule has 0 saturated heterocycles. The van der Waals surface area contributed by atoms with Gasteiger partial charge in [0.15, 0.2) is 0 Å². The minimum atomic E-state index is -0.460. The molecule has 21 heavy (non-hydrogen) atoms. The van der Waals surface area contributed by atoms with E-state index in [1.807, 2.05) is 0 Å². The van der Waals surface area contributed by atoms with Gasteiger partial charge >= 0.3 is 0 Å². The Hall–Kier alpha value is -1.62. The van der Waals surface area contributed by atoms with Gasteiger partial charge < -0.3 is 4.90 Å². The topological polar surface area (TPSA) is 63.4 Å². The lowest BCUT2D eigenvalue weighted by Crippen LogP contribution is -2.38. The second-order valence-corrected chi connectivity index (χ2v) is 5.62. The first kappa shape index (κ1) is 15.8. The monoisotopic (exact) mass is 310 g/mol. The first-order valence-electron chi connectivity index (χ1n) is 7.26. The zero-order valence-electron chi connectivity index (χ0n) is 11.9. The number of carbonyl (C=O) groups is 1. The lowest BCUT2D eigenvalue weighted by molar-refractivity contribution is -0.384. The molecular formula is C15H19ClN2O3. The predicted octanol–water partition coefficient (Wildman–Crippen LogP) is 3.39. The fourth-order valence-corrected chi connectivity index (χ4v) is 2.78. The number of non-ortho nitro benzene ring substituents is 1. The third kappa shape index (κ3) is 3.94. The molecule has 0 fully saturated rings. The number of fused-ring (bicyclic) bond motifs is 1. The highest BCUT2D eigenvalue weighted by Crippen LogP contribution is 2.24. The van der Waals surface area contributed by atoms with Crippen LogP contribution in [0.25, 0.3) is 0 Å². The Morgan fingerprint density at radius 3 is 2.71 bits per heavy atom. The molecule has 1 aromatic rings. The van der Waals surface area contributed by atoms with Gasteiger partial charge in [0.05, 0.1) is 4.92 Å². The van der Waals surface area contributed by atoms with Gasteiger partial charge in [0.25, 0.3) is 11.6 Å². The lowest BCUT2D eigenvalue weighted by Gasteiger charge is -2.28. The smallest absolute Gasteiger partial charge is 0.270 e. The highest BCUT2D eigenvalue weighted by atomic mass is 35.5. The van der Waals surface area contributed by atoms with E-state index in [2.05, 4.69) is 0 Å². The summed E-state index contributed by atoms with van der Waals surface area (Å²) in [4.78, 5) is 24.5. The van der Waals surface area contributed by atoms with Crippen molar-refractivity contribution < 1.29 is 9.72 Å². The van der Waals surface area contributed by atoms with Crippen LogP contribution in [0.3, 0.4) is 0 Å². The first-order valence-corrected chi connectivity index (χ1v) is 7.79. The van der Waals surface area contributed by atoms with Crippen molar-refractivity contribution in [2.45, 2.75) is 32.1 Å². The van der Waals surface area contributed by atoms with Crippen molar-refractivity contribution in [3.05, 3.63) is 39.4 Å². The Kier molecular flexibility index (Phi) is 5.56. The van der Waals surface area contributed by atoms with Gasteiger partial charge in [0.1, 0.15) is 0 Å². The van der Waals surface area contributed by atoms with E-state index in [1.54, 1.807) is 11.0 Å². The van der Waals surface area contributed by atoms with Crippen LogP contribution in [0.1, 0.15) is 41.6 Å². The van der Waals surface area contributed by atoms with Crippen LogP contribution in [0.5, 0.6) is 0 Å². The second kappa shape index (κ2) is 7.41. The van der Waals surface area contributed by atoms with Crippen molar-refractivity contribution in [1.29, 1.82) is 0 Å². The molecular weight excluding hydrogens is 292 g/mol. The summed E-state index contributed by atoms with van der Waals surface area (Å²) in [7, 11) is 0. The molecule has 6 heteroatoms. The van der Waals surface area contributed by atoms with Crippen LogP contribution in [-0.4, -0.2) is 34.7 Å². The number of hydrogen-bond donors (Lipinski definition) is 0. The summed E-state index contributed by atoms with van der Waals surface area (Å²) in [5.74, 6) is 0.594. The number of hydrogen-bond acceptors (Lipinski definition) is 3. The van der Waals surface area contributed by atoms with Gasteiger partial charge in [-0.3, -0.25) is 14.9 Å². The largest absolute Gasteiger partial charge is 0.338 e. The molecule has 0 aliphatic carbocycles. The molecule has 0 radical (unpaired) electrons. The van der Waals surface area contributed by atoms with Gasteiger partial charge in [0.2, 0.25) is 0 Å². The predicted molar refractivity (Wildman–Crippen MR) is 81.9 cm³/mol. The number of unbranched alkanes of at least 4 members (excludes halogenated alkanes) is 3.